The van der Waals surface area contributed by atoms with Crippen LogP contribution < -0.4 is 4.74 Å². The smallest absolute Gasteiger partial charge is 0.221 e. The van der Waals surface area contributed by atoms with Crippen molar-refractivity contribution in [1.29, 1.82) is 0 Å². The third-order valence-corrected chi connectivity index (χ3v) is 2.64. The molecule has 0 unspecified atom stereocenters. The van der Waals surface area contributed by atoms with Crippen molar-refractivity contribution in [3.63, 3.8) is 0 Å². The van der Waals surface area contributed by atoms with Crippen LogP contribution in [0.4, 0.5) is 0 Å². The first kappa shape index (κ1) is 15.1. The fraction of sp³-hybridized carbons (Fsp3) is 0.667. The molecule has 102 valence electrons. The summed E-state index contributed by atoms with van der Waals surface area (Å²) in [4.78, 5) is 7.98. The molecule has 0 saturated heterocycles. The standard InChI is InChI=1S/C12H19ClN2O3/c1-3-10-11(13)14-9-15-12(10)18-8-7-17-6-4-5-16-2/h9H,3-8H2,1-2H3. The summed E-state index contributed by atoms with van der Waals surface area (Å²) in [7, 11) is 1.67. The average Bonchev–Trinajstić information content (AvgIpc) is 2.38. The molecule has 0 spiro atoms. The molecule has 1 rings (SSSR count). The van der Waals surface area contributed by atoms with Crippen LogP contribution in [0.2, 0.25) is 5.15 Å². The third-order valence-electron chi connectivity index (χ3n) is 2.31. The lowest BCUT2D eigenvalue weighted by Gasteiger charge is -2.09. The van der Waals surface area contributed by atoms with Crippen LogP contribution in [0.5, 0.6) is 5.88 Å². The third kappa shape index (κ3) is 5.16. The summed E-state index contributed by atoms with van der Waals surface area (Å²) in [5, 5.41) is 0.448. The Morgan fingerprint density at radius 1 is 1.17 bits per heavy atom. The van der Waals surface area contributed by atoms with Gasteiger partial charge in [0.15, 0.2) is 0 Å². The lowest BCUT2D eigenvalue weighted by molar-refractivity contribution is 0.0793. The van der Waals surface area contributed by atoms with Crippen LogP contribution in [0.25, 0.3) is 0 Å². The van der Waals surface area contributed by atoms with Crippen LogP contribution in [-0.4, -0.2) is 43.5 Å². The summed E-state index contributed by atoms with van der Waals surface area (Å²) in [6.07, 6.45) is 3.02. The molecule has 0 amide bonds. The van der Waals surface area contributed by atoms with E-state index in [0.717, 1.165) is 18.4 Å². The second kappa shape index (κ2) is 9.08. The van der Waals surface area contributed by atoms with Gasteiger partial charge in [-0.15, -0.1) is 0 Å². The first-order valence-electron chi connectivity index (χ1n) is 5.98. The quantitative estimate of drug-likeness (QED) is 0.510. The van der Waals surface area contributed by atoms with Gasteiger partial charge in [0, 0.05) is 20.3 Å². The van der Waals surface area contributed by atoms with Gasteiger partial charge in [-0.2, -0.15) is 0 Å². The predicted molar refractivity (Wildman–Crippen MR) is 69.2 cm³/mol. The Hall–Kier alpha value is -0.910. The highest BCUT2D eigenvalue weighted by molar-refractivity contribution is 6.30. The number of hydrogen-bond donors (Lipinski definition) is 0. The Morgan fingerprint density at radius 3 is 2.72 bits per heavy atom. The number of methoxy groups -OCH3 is 1. The minimum absolute atomic E-state index is 0.448. The van der Waals surface area contributed by atoms with E-state index in [4.69, 9.17) is 25.8 Å². The second-order valence-corrected chi connectivity index (χ2v) is 3.97. The summed E-state index contributed by atoms with van der Waals surface area (Å²) in [6.45, 7) is 4.34. The molecule has 5 nitrogen and oxygen atoms in total. The summed E-state index contributed by atoms with van der Waals surface area (Å²) in [5.74, 6) is 0.540. The molecule has 1 heterocycles. The molecular formula is C12H19ClN2O3. The molecule has 1 aromatic heterocycles. The molecule has 0 aromatic carbocycles. The van der Waals surface area contributed by atoms with Gasteiger partial charge in [0.25, 0.3) is 0 Å². The molecule has 0 bridgehead atoms. The van der Waals surface area contributed by atoms with E-state index in [1.165, 1.54) is 6.33 Å². The van der Waals surface area contributed by atoms with Gasteiger partial charge >= 0.3 is 0 Å². The van der Waals surface area contributed by atoms with E-state index in [9.17, 15) is 0 Å². The maximum atomic E-state index is 5.95. The summed E-state index contributed by atoms with van der Waals surface area (Å²) < 4.78 is 15.8. The van der Waals surface area contributed by atoms with Crippen molar-refractivity contribution in [3.05, 3.63) is 17.0 Å². The van der Waals surface area contributed by atoms with Gasteiger partial charge in [0.05, 0.1) is 12.2 Å². The topological polar surface area (TPSA) is 53.5 Å². The lowest BCUT2D eigenvalue weighted by atomic mass is 10.2. The van der Waals surface area contributed by atoms with Gasteiger partial charge in [-0.3, -0.25) is 0 Å². The highest BCUT2D eigenvalue weighted by atomic mass is 35.5. The second-order valence-electron chi connectivity index (χ2n) is 3.61. The van der Waals surface area contributed by atoms with E-state index < -0.39 is 0 Å². The van der Waals surface area contributed by atoms with Gasteiger partial charge in [-0.1, -0.05) is 18.5 Å². The van der Waals surface area contributed by atoms with Crippen LogP contribution in [0.3, 0.4) is 0 Å². The van der Waals surface area contributed by atoms with Gasteiger partial charge < -0.3 is 14.2 Å². The zero-order valence-electron chi connectivity index (χ0n) is 10.8. The van der Waals surface area contributed by atoms with E-state index in [1.54, 1.807) is 7.11 Å². The largest absolute Gasteiger partial charge is 0.475 e. The fourth-order valence-electron chi connectivity index (χ4n) is 1.40. The van der Waals surface area contributed by atoms with E-state index in [0.29, 0.717) is 37.5 Å². The molecule has 0 radical (unpaired) electrons. The Morgan fingerprint density at radius 2 is 2.00 bits per heavy atom. The van der Waals surface area contributed by atoms with Crippen LogP contribution in [0.15, 0.2) is 6.33 Å². The number of ether oxygens (including phenoxy) is 3. The Balaban J connectivity index is 2.25. The van der Waals surface area contributed by atoms with E-state index in [1.807, 2.05) is 6.92 Å². The molecular weight excluding hydrogens is 256 g/mol. The highest BCUT2D eigenvalue weighted by Crippen LogP contribution is 2.21. The number of halogens is 1. The molecule has 1 aromatic rings. The van der Waals surface area contributed by atoms with Crippen molar-refractivity contribution in [2.45, 2.75) is 19.8 Å². The summed E-state index contributed by atoms with van der Waals surface area (Å²) >= 11 is 5.95. The number of nitrogens with zero attached hydrogens (tertiary/aromatic N) is 2. The minimum Gasteiger partial charge on any atom is -0.475 e. The number of aromatic nitrogens is 2. The molecule has 0 saturated carbocycles. The van der Waals surface area contributed by atoms with Crippen LogP contribution in [-0.2, 0) is 15.9 Å². The van der Waals surface area contributed by atoms with Gasteiger partial charge in [-0.25, -0.2) is 9.97 Å². The van der Waals surface area contributed by atoms with E-state index in [-0.39, 0.29) is 0 Å². The van der Waals surface area contributed by atoms with Crippen molar-refractivity contribution in [2.75, 3.05) is 33.5 Å². The molecule has 0 aliphatic carbocycles. The first-order valence-corrected chi connectivity index (χ1v) is 6.36. The van der Waals surface area contributed by atoms with E-state index in [2.05, 4.69) is 9.97 Å². The fourth-order valence-corrected chi connectivity index (χ4v) is 1.66. The monoisotopic (exact) mass is 274 g/mol. The lowest BCUT2D eigenvalue weighted by Crippen LogP contribution is -2.10. The van der Waals surface area contributed by atoms with E-state index >= 15 is 0 Å². The maximum absolute atomic E-state index is 5.95. The first-order chi connectivity index (χ1) is 8.79. The molecule has 0 fully saturated rings. The number of hydrogen-bond acceptors (Lipinski definition) is 5. The van der Waals surface area contributed by atoms with Gasteiger partial charge in [0.2, 0.25) is 5.88 Å². The summed E-state index contributed by atoms with van der Waals surface area (Å²) in [5.41, 5.74) is 0.832. The zero-order chi connectivity index (χ0) is 13.2. The Labute approximate surface area is 112 Å². The average molecular weight is 275 g/mol. The Kier molecular flexibility index (Phi) is 7.64. The molecule has 18 heavy (non-hydrogen) atoms. The minimum atomic E-state index is 0.448. The van der Waals surface area contributed by atoms with Crippen molar-refractivity contribution in [3.8, 4) is 5.88 Å². The van der Waals surface area contributed by atoms with Crippen LogP contribution in [0, 0.1) is 0 Å². The van der Waals surface area contributed by atoms with Crippen molar-refractivity contribution in [2.24, 2.45) is 0 Å². The molecule has 0 N–H and O–H groups in total. The molecule has 0 atom stereocenters. The van der Waals surface area contributed by atoms with Crippen molar-refractivity contribution < 1.29 is 14.2 Å². The van der Waals surface area contributed by atoms with Crippen molar-refractivity contribution >= 4 is 11.6 Å². The van der Waals surface area contributed by atoms with Gasteiger partial charge in [-0.05, 0) is 12.8 Å². The van der Waals surface area contributed by atoms with Gasteiger partial charge in [0.1, 0.15) is 18.1 Å². The number of rotatable bonds is 9. The SMILES string of the molecule is CCc1c(Cl)ncnc1OCCOCCCOC. The molecule has 0 aliphatic heterocycles. The highest BCUT2D eigenvalue weighted by Gasteiger charge is 2.08. The van der Waals surface area contributed by atoms with Crippen LogP contribution in [0.1, 0.15) is 18.9 Å². The normalized spacial score (nSPS) is 10.6. The Bertz CT molecular complexity index is 350. The molecule has 0 aliphatic rings. The molecule has 6 heteroatoms. The zero-order valence-corrected chi connectivity index (χ0v) is 11.6. The van der Waals surface area contributed by atoms with Crippen molar-refractivity contribution in [1.82, 2.24) is 9.97 Å². The predicted octanol–water partition coefficient (Wildman–Crippen LogP) is 2.12. The van der Waals surface area contributed by atoms with Crippen LogP contribution >= 0.6 is 11.6 Å². The maximum Gasteiger partial charge on any atom is 0.221 e. The summed E-state index contributed by atoms with van der Waals surface area (Å²) in [6, 6.07) is 0.